The molecule has 1 aromatic heterocycles. The summed E-state index contributed by atoms with van der Waals surface area (Å²) in [6.45, 7) is 0. The summed E-state index contributed by atoms with van der Waals surface area (Å²) in [7, 11) is 1.68. The molecule has 6 nitrogen and oxygen atoms in total. The molecule has 1 heterocycles. The van der Waals surface area contributed by atoms with Crippen molar-refractivity contribution in [3.05, 3.63) is 38.6 Å². The number of halogens is 2. The fourth-order valence-corrected chi connectivity index (χ4v) is 1.72. The lowest BCUT2D eigenvalue weighted by atomic mass is 10.2. The zero-order valence-electron chi connectivity index (χ0n) is 8.59. The van der Waals surface area contributed by atoms with Crippen molar-refractivity contribution >= 4 is 28.9 Å². The van der Waals surface area contributed by atoms with Crippen molar-refractivity contribution in [1.29, 1.82) is 0 Å². The van der Waals surface area contributed by atoms with E-state index < -0.39 is 4.92 Å². The van der Waals surface area contributed by atoms with Crippen molar-refractivity contribution in [3.63, 3.8) is 0 Å². The zero-order valence-corrected chi connectivity index (χ0v) is 10.1. The highest BCUT2D eigenvalue weighted by atomic mass is 35.5. The van der Waals surface area contributed by atoms with Gasteiger partial charge >= 0.3 is 0 Å². The molecular formula is C9H6Cl2N4O2. The molecule has 0 unspecified atom stereocenters. The molecule has 0 saturated carbocycles. The largest absolute Gasteiger partial charge is 0.301 e. The van der Waals surface area contributed by atoms with E-state index in [0.717, 1.165) is 0 Å². The molecule has 0 amide bonds. The maximum absolute atomic E-state index is 10.6. The molecule has 8 heteroatoms. The third-order valence-corrected chi connectivity index (χ3v) is 2.87. The number of non-ortho nitro benzene ring substituents is 1. The summed E-state index contributed by atoms with van der Waals surface area (Å²) in [6.07, 6.45) is 0. The maximum atomic E-state index is 10.6. The van der Waals surface area contributed by atoms with Crippen LogP contribution in [-0.4, -0.2) is 19.7 Å². The molecule has 2 rings (SSSR count). The van der Waals surface area contributed by atoms with Crippen LogP contribution in [0.15, 0.2) is 18.2 Å². The highest BCUT2D eigenvalue weighted by Gasteiger charge is 2.15. The van der Waals surface area contributed by atoms with Crippen LogP contribution in [0.2, 0.25) is 10.3 Å². The van der Waals surface area contributed by atoms with Gasteiger partial charge in [0.15, 0.2) is 5.82 Å². The van der Waals surface area contributed by atoms with Crippen molar-refractivity contribution in [2.24, 2.45) is 7.05 Å². The average Bonchev–Trinajstić information content (AvgIpc) is 2.60. The van der Waals surface area contributed by atoms with E-state index in [-0.39, 0.29) is 16.0 Å². The molecule has 17 heavy (non-hydrogen) atoms. The summed E-state index contributed by atoms with van der Waals surface area (Å²) in [5.41, 5.74) is 0.464. The molecular weight excluding hydrogens is 267 g/mol. The van der Waals surface area contributed by atoms with Gasteiger partial charge in [0.1, 0.15) is 0 Å². The van der Waals surface area contributed by atoms with Crippen LogP contribution in [0.3, 0.4) is 0 Å². The molecule has 1 aromatic carbocycles. The van der Waals surface area contributed by atoms with Crippen LogP contribution in [0.1, 0.15) is 0 Å². The fourth-order valence-electron chi connectivity index (χ4n) is 1.34. The lowest BCUT2D eigenvalue weighted by Crippen LogP contribution is -1.94. The molecule has 0 radical (unpaired) electrons. The standard InChI is InChI=1S/C9H6Cl2N4O2/c1-14-8(12-13-9(14)11)6-3-2-5(15(16)17)4-7(6)10/h2-4H,1H3. The predicted molar refractivity (Wildman–Crippen MR) is 63.1 cm³/mol. The molecule has 0 saturated heterocycles. The van der Waals surface area contributed by atoms with Gasteiger partial charge in [-0.15, -0.1) is 10.2 Å². The number of hydrogen-bond donors (Lipinski definition) is 0. The molecule has 88 valence electrons. The van der Waals surface area contributed by atoms with E-state index in [1.807, 2.05) is 0 Å². The molecule has 0 atom stereocenters. The Labute approximate surface area is 106 Å². The minimum absolute atomic E-state index is 0.0768. The van der Waals surface area contributed by atoms with Gasteiger partial charge in [-0.25, -0.2) is 0 Å². The van der Waals surface area contributed by atoms with Crippen LogP contribution in [0.25, 0.3) is 11.4 Å². The van der Waals surface area contributed by atoms with Crippen LogP contribution >= 0.6 is 23.2 Å². The van der Waals surface area contributed by atoms with Crippen LogP contribution < -0.4 is 0 Å². The highest BCUT2D eigenvalue weighted by molar-refractivity contribution is 6.33. The van der Waals surface area contributed by atoms with Crippen molar-refractivity contribution in [1.82, 2.24) is 14.8 Å². The Kier molecular flexibility index (Phi) is 2.99. The summed E-state index contributed by atoms with van der Waals surface area (Å²) in [5.74, 6) is 0.454. The third-order valence-electron chi connectivity index (χ3n) is 2.23. The van der Waals surface area contributed by atoms with Gasteiger partial charge < -0.3 is 4.57 Å². The molecule has 0 fully saturated rings. The van der Waals surface area contributed by atoms with Gasteiger partial charge in [-0.05, 0) is 17.7 Å². The first-order chi connectivity index (χ1) is 8.00. The number of hydrogen-bond acceptors (Lipinski definition) is 4. The Hall–Kier alpha value is -1.66. The second-order valence-electron chi connectivity index (χ2n) is 3.27. The highest BCUT2D eigenvalue weighted by Crippen LogP contribution is 2.30. The van der Waals surface area contributed by atoms with Gasteiger partial charge in [0.25, 0.3) is 5.69 Å². The lowest BCUT2D eigenvalue weighted by Gasteiger charge is -2.03. The molecule has 0 aliphatic rings. The molecule has 0 aliphatic heterocycles. The smallest absolute Gasteiger partial charge is 0.270 e. The van der Waals surface area contributed by atoms with Crippen molar-refractivity contribution in [2.75, 3.05) is 0 Å². The van der Waals surface area contributed by atoms with Gasteiger partial charge in [-0.3, -0.25) is 10.1 Å². The van der Waals surface area contributed by atoms with Gasteiger partial charge in [0.2, 0.25) is 5.28 Å². The molecule has 0 aliphatic carbocycles. The van der Waals surface area contributed by atoms with Gasteiger partial charge in [-0.1, -0.05) is 11.6 Å². The summed E-state index contributed by atoms with van der Waals surface area (Å²) in [4.78, 5) is 10.1. The van der Waals surface area contributed by atoms with Crippen LogP contribution in [0.4, 0.5) is 5.69 Å². The van der Waals surface area contributed by atoms with Crippen LogP contribution in [-0.2, 0) is 7.05 Å². The maximum Gasteiger partial charge on any atom is 0.270 e. The zero-order chi connectivity index (χ0) is 12.6. The first-order valence-corrected chi connectivity index (χ1v) is 5.25. The molecule has 0 N–H and O–H groups in total. The van der Waals surface area contributed by atoms with Crippen molar-refractivity contribution in [3.8, 4) is 11.4 Å². The normalized spacial score (nSPS) is 10.5. The second-order valence-corrected chi connectivity index (χ2v) is 4.02. The van der Waals surface area contributed by atoms with Gasteiger partial charge in [-0.2, -0.15) is 0 Å². The van der Waals surface area contributed by atoms with Crippen LogP contribution in [0.5, 0.6) is 0 Å². The first-order valence-electron chi connectivity index (χ1n) is 4.50. The summed E-state index contributed by atoms with van der Waals surface area (Å²) < 4.78 is 1.54. The van der Waals surface area contributed by atoms with Crippen molar-refractivity contribution < 1.29 is 4.92 Å². The van der Waals surface area contributed by atoms with Crippen LogP contribution in [0, 0.1) is 10.1 Å². The lowest BCUT2D eigenvalue weighted by molar-refractivity contribution is -0.384. The number of aromatic nitrogens is 3. The Bertz CT molecular complexity index is 597. The monoisotopic (exact) mass is 272 g/mol. The Balaban J connectivity index is 2.54. The summed E-state index contributed by atoms with van der Waals surface area (Å²) in [6, 6.07) is 4.13. The average molecular weight is 273 g/mol. The van der Waals surface area contributed by atoms with E-state index in [9.17, 15) is 10.1 Å². The van der Waals surface area contributed by atoms with E-state index in [0.29, 0.717) is 11.4 Å². The van der Waals surface area contributed by atoms with Crippen molar-refractivity contribution in [2.45, 2.75) is 0 Å². The Morgan fingerprint density at radius 3 is 2.53 bits per heavy atom. The quantitative estimate of drug-likeness (QED) is 0.622. The number of nitro benzene ring substituents is 1. The van der Waals surface area contributed by atoms with Gasteiger partial charge in [0, 0.05) is 24.7 Å². The number of nitrogens with zero attached hydrogens (tertiary/aromatic N) is 4. The fraction of sp³-hybridized carbons (Fsp3) is 0.111. The molecule has 0 bridgehead atoms. The number of rotatable bonds is 2. The van der Waals surface area contributed by atoms with E-state index in [1.165, 1.54) is 22.8 Å². The predicted octanol–water partition coefficient (Wildman–Crippen LogP) is 2.70. The molecule has 2 aromatic rings. The number of nitro groups is 1. The topological polar surface area (TPSA) is 73.8 Å². The Morgan fingerprint density at radius 2 is 2.06 bits per heavy atom. The molecule has 0 spiro atoms. The SMILES string of the molecule is Cn1c(Cl)nnc1-c1ccc([N+](=O)[O-])cc1Cl. The number of benzene rings is 1. The summed E-state index contributed by atoms with van der Waals surface area (Å²) >= 11 is 11.7. The van der Waals surface area contributed by atoms with E-state index in [1.54, 1.807) is 7.05 Å². The second kappa shape index (κ2) is 4.31. The van der Waals surface area contributed by atoms with E-state index in [2.05, 4.69) is 10.2 Å². The first kappa shape index (κ1) is 11.8. The minimum Gasteiger partial charge on any atom is -0.301 e. The van der Waals surface area contributed by atoms with E-state index in [4.69, 9.17) is 23.2 Å². The summed E-state index contributed by atoms with van der Waals surface area (Å²) in [5, 5.41) is 18.5. The minimum atomic E-state index is -0.515. The van der Waals surface area contributed by atoms with Gasteiger partial charge in [0.05, 0.1) is 9.95 Å². The van der Waals surface area contributed by atoms with E-state index >= 15 is 0 Å². The Morgan fingerprint density at radius 1 is 1.35 bits per heavy atom. The third kappa shape index (κ3) is 2.09.